The third-order valence-electron chi connectivity index (χ3n) is 5.34. The van der Waals surface area contributed by atoms with Crippen LogP contribution in [-0.2, 0) is 0 Å². The van der Waals surface area contributed by atoms with Crippen molar-refractivity contribution in [3.05, 3.63) is 108 Å². The van der Waals surface area contributed by atoms with E-state index in [0.29, 0.717) is 26.4 Å². The molecule has 0 fully saturated rings. The van der Waals surface area contributed by atoms with Crippen molar-refractivity contribution in [2.24, 2.45) is 0 Å². The van der Waals surface area contributed by atoms with Gasteiger partial charge in [-0.3, -0.25) is 0 Å². The van der Waals surface area contributed by atoms with E-state index in [4.69, 9.17) is 18.9 Å². The van der Waals surface area contributed by atoms with Crippen molar-refractivity contribution in [3.63, 3.8) is 0 Å². The molecule has 0 aromatic heterocycles. The second-order valence-electron chi connectivity index (χ2n) is 8.32. The summed E-state index contributed by atoms with van der Waals surface area (Å²) < 4.78 is 22.9. The highest BCUT2D eigenvalue weighted by Crippen LogP contribution is 2.19. The van der Waals surface area contributed by atoms with Gasteiger partial charge < -0.3 is 29.8 Å². The van der Waals surface area contributed by atoms with E-state index in [9.17, 15) is 0 Å². The van der Waals surface area contributed by atoms with Gasteiger partial charge in [0, 0.05) is 0 Å². The van der Waals surface area contributed by atoms with Crippen LogP contribution in [0.4, 0.5) is 11.4 Å². The number of rotatable bonds is 13. The maximum Gasteiger partial charge on any atom is 0.122 e. The molecule has 6 heteroatoms. The summed E-state index contributed by atoms with van der Waals surface area (Å²) in [5.41, 5.74) is 10.6. The van der Waals surface area contributed by atoms with Gasteiger partial charge in [-0.1, -0.05) is 35.4 Å². The summed E-state index contributed by atoms with van der Waals surface area (Å²) in [4.78, 5) is 0. The Morgan fingerprint density at radius 3 is 0.917 bits per heavy atom. The highest BCUT2D eigenvalue weighted by atomic mass is 16.5. The lowest BCUT2D eigenvalue weighted by molar-refractivity contribution is 0.217. The van der Waals surface area contributed by atoms with E-state index in [1.54, 1.807) is 0 Å². The molecule has 6 nitrogen and oxygen atoms in total. The molecule has 4 rings (SSSR count). The van der Waals surface area contributed by atoms with Gasteiger partial charge in [0.1, 0.15) is 49.4 Å². The van der Waals surface area contributed by atoms with Gasteiger partial charge in [0.25, 0.3) is 0 Å². The molecule has 0 spiro atoms. The number of ether oxygens (including phenoxy) is 4. The number of nitrogens with one attached hydrogen (secondary N) is 2. The van der Waals surface area contributed by atoms with Crippen LogP contribution in [0, 0.1) is 13.8 Å². The van der Waals surface area contributed by atoms with Crippen molar-refractivity contribution in [3.8, 4) is 23.0 Å². The zero-order valence-electron chi connectivity index (χ0n) is 20.7. The van der Waals surface area contributed by atoms with Crippen LogP contribution >= 0.6 is 0 Å². The maximum absolute atomic E-state index is 5.76. The van der Waals surface area contributed by atoms with Crippen LogP contribution in [0.15, 0.2) is 97.1 Å². The molecule has 0 bridgehead atoms. The molecule has 186 valence electrons. The molecule has 0 saturated carbocycles. The fraction of sp³-hybridized carbons (Fsp3) is 0.200. The summed E-state index contributed by atoms with van der Waals surface area (Å²) in [6, 6.07) is 31.5. The summed E-state index contributed by atoms with van der Waals surface area (Å²) in [7, 11) is 0. The molecule has 0 heterocycles. The molecule has 0 unspecified atom stereocenters. The predicted molar refractivity (Wildman–Crippen MR) is 144 cm³/mol. The fourth-order valence-electron chi connectivity index (χ4n) is 3.32. The first-order valence-corrected chi connectivity index (χ1v) is 12.0. The van der Waals surface area contributed by atoms with E-state index in [0.717, 1.165) is 34.4 Å². The first-order chi connectivity index (χ1) is 17.6. The lowest BCUT2D eigenvalue weighted by Gasteiger charge is -2.12. The minimum atomic E-state index is 0.478. The summed E-state index contributed by atoms with van der Waals surface area (Å²) in [6.45, 7) is 6.04. The molecule has 0 radical (unpaired) electrons. The largest absolute Gasteiger partial charge is 0.490 e. The van der Waals surface area contributed by atoms with Crippen molar-refractivity contribution in [1.29, 1.82) is 0 Å². The van der Waals surface area contributed by atoms with Crippen molar-refractivity contribution < 1.29 is 18.9 Å². The molecule has 36 heavy (non-hydrogen) atoms. The van der Waals surface area contributed by atoms with Gasteiger partial charge in [0.2, 0.25) is 0 Å². The van der Waals surface area contributed by atoms with Crippen LogP contribution in [0.5, 0.6) is 23.0 Å². The third kappa shape index (κ3) is 8.17. The van der Waals surface area contributed by atoms with Crippen LogP contribution in [0.3, 0.4) is 0 Å². The van der Waals surface area contributed by atoms with Crippen LogP contribution < -0.4 is 29.8 Å². The van der Waals surface area contributed by atoms with E-state index in [2.05, 4.69) is 24.7 Å². The quantitative estimate of drug-likeness (QED) is 0.163. The molecule has 0 amide bonds. The summed E-state index contributed by atoms with van der Waals surface area (Å²) >= 11 is 0. The first kappa shape index (κ1) is 24.8. The number of hydrazine groups is 1. The van der Waals surface area contributed by atoms with Gasteiger partial charge in [-0.05, 0) is 86.6 Å². The predicted octanol–water partition coefficient (Wildman–Crippen LogP) is 6.66. The van der Waals surface area contributed by atoms with Gasteiger partial charge >= 0.3 is 0 Å². The van der Waals surface area contributed by atoms with E-state index < -0.39 is 0 Å². The van der Waals surface area contributed by atoms with Gasteiger partial charge in [-0.15, -0.1) is 0 Å². The number of hydrogen-bond donors (Lipinski definition) is 2. The lowest BCUT2D eigenvalue weighted by atomic mass is 10.2. The Hall–Kier alpha value is -4.32. The van der Waals surface area contributed by atoms with Crippen molar-refractivity contribution in [2.45, 2.75) is 13.8 Å². The molecular weight excluding hydrogens is 452 g/mol. The Morgan fingerprint density at radius 2 is 0.639 bits per heavy atom. The normalized spacial score (nSPS) is 10.4. The SMILES string of the molecule is Cc1ccc(OCCOc2ccc(NNc3ccc(OCCOc4ccc(C)cc4)cc3)cc2)cc1. The maximum atomic E-state index is 5.76. The fourth-order valence-corrected chi connectivity index (χ4v) is 3.32. The smallest absolute Gasteiger partial charge is 0.122 e. The average molecular weight is 485 g/mol. The average Bonchev–Trinajstić information content (AvgIpc) is 2.91. The highest BCUT2D eigenvalue weighted by molar-refractivity contribution is 5.54. The Labute approximate surface area is 212 Å². The second kappa shape index (κ2) is 13.0. The number of hydrogen-bond acceptors (Lipinski definition) is 6. The van der Waals surface area contributed by atoms with E-state index in [-0.39, 0.29) is 0 Å². The Morgan fingerprint density at radius 1 is 0.389 bits per heavy atom. The third-order valence-corrected chi connectivity index (χ3v) is 5.34. The summed E-state index contributed by atoms with van der Waals surface area (Å²) in [6.07, 6.45) is 0. The summed E-state index contributed by atoms with van der Waals surface area (Å²) in [5.74, 6) is 3.28. The van der Waals surface area contributed by atoms with E-state index >= 15 is 0 Å². The van der Waals surface area contributed by atoms with Crippen LogP contribution in [0.1, 0.15) is 11.1 Å². The standard InChI is InChI=1S/C30H32N2O4/c1-23-3-11-27(12-4-23)33-19-21-35-29-15-7-25(8-16-29)31-32-26-9-17-30(18-10-26)36-22-20-34-28-13-5-24(2)6-14-28/h3-18,31-32H,19-22H2,1-2H3. The van der Waals surface area contributed by atoms with E-state index in [1.807, 2.05) is 97.1 Å². The Balaban J connectivity index is 1.11. The van der Waals surface area contributed by atoms with E-state index in [1.165, 1.54) is 11.1 Å². The molecule has 0 aliphatic heterocycles. The molecule has 0 saturated heterocycles. The van der Waals surface area contributed by atoms with Crippen molar-refractivity contribution in [1.82, 2.24) is 0 Å². The zero-order valence-corrected chi connectivity index (χ0v) is 20.7. The molecule has 4 aromatic carbocycles. The minimum Gasteiger partial charge on any atom is -0.490 e. The topological polar surface area (TPSA) is 61.0 Å². The molecular formula is C30H32N2O4. The van der Waals surface area contributed by atoms with Crippen LogP contribution in [0.25, 0.3) is 0 Å². The lowest BCUT2D eigenvalue weighted by Crippen LogP contribution is -2.10. The van der Waals surface area contributed by atoms with Gasteiger partial charge in [0.15, 0.2) is 0 Å². The molecule has 0 atom stereocenters. The Bertz CT molecular complexity index is 1080. The molecule has 0 aliphatic carbocycles. The highest BCUT2D eigenvalue weighted by Gasteiger charge is 2.00. The number of anilines is 2. The molecule has 2 N–H and O–H groups in total. The number of benzene rings is 4. The van der Waals surface area contributed by atoms with Gasteiger partial charge in [-0.2, -0.15) is 0 Å². The monoisotopic (exact) mass is 484 g/mol. The summed E-state index contributed by atoms with van der Waals surface area (Å²) in [5, 5.41) is 0. The van der Waals surface area contributed by atoms with Gasteiger partial charge in [0.05, 0.1) is 11.4 Å². The Kier molecular flexibility index (Phi) is 8.92. The number of aryl methyl sites for hydroxylation is 2. The van der Waals surface area contributed by atoms with Crippen LogP contribution in [0.2, 0.25) is 0 Å². The zero-order chi connectivity index (χ0) is 25.0. The van der Waals surface area contributed by atoms with Crippen molar-refractivity contribution in [2.75, 3.05) is 37.3 Å². The molecule has 0 aliphatic rings. The first-order valence-electron chi connectivity index (χ1n) is 12.0. The second-order valence-corrected chi connectivity index (χ2v) is 8.32. The molecule has 4 aromatic rings. The van der Waals surface area contributed by atoms with Crippen LogP contribution in [-0.4, -0.2) is 26.4 Å². The minimum absolute atomic E-state index is 0.478. The van der Waals surface area contributed by atoms with Crippen molar-refractivity contribution >= 4 is 11.4 Å². The van der Waals surface area contributed by atoms with Gasteiger partial charge in [-0.25, -0.2) is 0 Å².